The molecule has 0 bridgehead atoms. The molecular weight excluding hydrogens is 612 g/mol. The average molecular weight is 635 g/mol. The number of rotatable bonds is 8. The SMILES string of the molecule is CCOC(=O)C1=c2s/c(=C\c3ccc([N+](=O)[O-])cc3)c(=O)n2C(N)=C(S(=O)(=O)c2ccccc2)[C@@H]1c1ccc([N+](=O)[O-])cc1. The van der Waals surface area contributed by atoms with Crippen molar-refractivity contribution in [1.29, 1.82) is 0 Å². The van der Waals surface area contributed by atoms with Gasteiger partial charge in [-0.05, 0) is 48.4 Å². The first-order valence-electron chi connectivity index (χ1n) is 12.9. The lowest BCUT2D eigenvalue weighted by atomic mass is 9.89. The quantitative estimate of drug-likeness (QED) is 0.171. The van der Waals surface area contributed by atoms with E-state index < -0.39 is 47.9 Å². The van der Waals surface area contributed by atoms with Crippen molar-refractivity contribution < 1.29 is 27.8 Å². The highest BCUT2D eigenvalue weighted by Gasteiger charge is 2.42. The van der Waals surface area contributed by atoms with Crippen molar-refractivity contribution in [1.82, 2.24) is 4.57 Å². The number of non-ortho nitro benzene ring substituents is 2. The number of ether oxygens (including phenoxy) is 1. The molecule has 3 aromatic carbocycles. The highest BCUT2D eigenvalue weighted by Crippen LogP contribution is 2.42. The molecule has 0 amide bonds. The van der Waals surface area contributed by atoms with Crippen LogP contribution in [0.5, 0.6) is 0 Å². The maximum absolute atomic E-state index is 14.2. The van der Waals surface area contributed by atoms with Gasteiger partial charge in [0.05, 0.1) is 37.4 Å². The van der Waals surface area contributed by atoms with Crippen LogP contribution in [0.1, 0.15) is 24.0 Å². The van der Waals surface area contributed by atoms with Gasteiger partial charge in [-0.3, -0.25) is 29.6 Å². The summed E-state index contributed by atoms with van der Waals surface area (Å²) in [6, 6.07) is 17.7. The standard InChI is InChI=1S/C29H22N4O9S2/c1-2-42-29(35)24-23(18-10-14-20(15-11-18)33(38)39)25(44(40,41)21-6-4-3-5-7-21)26(30)31-27(34)22(43-28(24)31)16-17-8-12-19(13-9-17)32(36)37/h3-16,23H,2,30H2,1H3/b22-16-/t23-/m1/s1. The molecular formula is C29H22N4O9S2. The van der Waals surface area contributed by atoms with Crippen molar-refractivity contribution >= 4 is 56.0 Å². The van der Waals surface area contributed by atoms with Crippen molar-refractivity contribution in [2.45, 2.75) is 17.7 Å². The van der Waals surface area contributed by atoms with E-state index in [2.05, 4.69) is 0 Å². The number of carbonyl (C=O) groups excluding carboxylic acids is 1. The number of aromatic nitrogens is 1. The second kappa shape index (κ2) is 11.7. The topological polar surface area (TPSA) is 195 Å². The summed E-state index contributed by atoms with van der Waals surface area (Å²) >= 11 is 0.854. The van der Waals surface area contributed by atoms with Crippen LogP contribution in [0.15, 0.2) is 93.5 Å². The Kier molecular flexibility index (Phi) is 7.99. The van der Waals surface area contributed by atoms with Gasteiger partial charge in [-0.25, -0.2) is 13.2 Å². The van der Waals surface area contributed by atoms with Gasteiger partial charge in [-0.2, -0.15) is 0 Å². The lowest BCUT2D eigenvalue weighted by molar-refractivity contribution is -0.385. The van der Waals surface area contributed by atoms with Crippen LogP contribution in [0, 0.1) is 20.2 Å². The van der Waals surface area contributed by atoms with Gasteiger partial charge in [-0.15, -0.1) is 11.3 Å². The Morgan fingerprint density at radius 2 is 1.55 bits per heavy atom. The van der Waals surface area contributed by atoms with Crippen LogP contribution in [-0.2, 0) is 19.4 Å². The first-order chi connectivity index (χ1) is 20.9. The Bertz CT molecular complexity index is 2130. The molecule has 224 valence electrons. The fourth-order valence-corrected chi connectivity index (χ4v) is 7.64. The normalized spacial score (nSPS) is 15.2. The molecule has 1 aromatic heterocycles. The number of nitrogens with two attached hydrogens (primary N) is 1. The van der Waals surface area contributed by atoms with Gasteiger partial charge < -0.3 is 10.5 Å². The molecule has 2 heterocycles. The Morgan fingerprint density at radius 3 is 2.09 bits per heavy atom. The highest BCUT2D eigenvalue weighted by molar-refractivity contribution is 7.95. The highest BCUT2D eigenvalue weighted by atomic mass is 32.2. The number of sulfone groups is 1. The molecule has 2 N–H and O–H groups in total. The molecule has 15 heteroatoms. The third-order valence-electron chi connectivity index (χ3n) is 6.78. The predicted molar refractivity (Wildman–Crippen MR) is 161 cm³/mol. The number of carbonyl (C=O) groups is 1. The number of allylic oxidation sites excluding steroid dienone is 1. The first-order valence-corrected chi connectivity index (χ1v) is 15.2. The van der Waals surface area contributed by atoms with E-state index in [1.54, 1.807) is 13.0 Å². The monoisotopic (exact) mass is 634 g/mol. The third-order valence-corrected chi connectivity index (χ3v) is 9.80. The van der Waals surface area contributed by atoms with Crippen LogP contribution in [0.3, 0.4) is 0 Å². The van der Waals surface area contributed by atoms with E-state index in [0.717, 1.165) is 15.9 Å². The lowest BCUT2D eigenvalue weighted by Crippen LogP contribution is -2.41. The van der Waals surface area contributed by atoms with Crippen LogP contribution in [0.25, 0.3) is 17.5 Å². The second-order valence-electron chi connectivity index (χ2n) is 9.39. The van der Waals surface area contributed by atoms with Gasteiger partial charge in [0.2, 0.25) is 9.84 Å². The van der Waals surface area contributed by atoms with E-state index in [1.165, 1.54) is 78.9 Å². The molecule has 44 heavy (non-hydrogen) atoms. The number of hydrogen-bond acceptors (Lipinski definition) is 11. The van der Waals surface area contributed by atoms with Gasteiger partial charge in [0, 0.05) is 24.3 Å². The molecule has 0 saturated carbocycles. The summed E-state index contributed by atoms with van der Waals surface area (Å²) in [5.41, 5.74) is 5.79. The number of thiazole rings is 1. The fraction of sp³-hybridized carbons (Fsp3) is 0.103. The first kappa shape index (κ1) is 30.1. The molecule has 4 aromatic rings. The molecule has 0 spiro atoms. The minimum atomic E-state index is -4.48. The van der Waals surface area contributed by atoms with Crippen LogP contribution < -0.4 is 20.5 Å². The molecule has 0 saturated heterocycles. The van der Waals surface area contributed by atoms with Crippen LogP contribution in [0.4, 0.5) is 11.4 Å². The average Bonchev–Trinajstić information content (AvgIpc) is 3.33. The van der Waals surface area contributed by atoms with Crippen molar-refractivity contribution in [2.24, 2.45) is 5.73 Å². The summed E-state index contributed by atoms with van der Waals surface area (Å²) in [6.45, 7) is 1.48. The minimum absolute atomic E-state index is 0.00877. The zero-order chi connectivity index (χ0) is 31.8. The summed E-state index contributed by atoms with van der Waals surface area (Å²) in [7, 11) is -4.48. The lowest BCUT2D eigenvalue weighted by Gasteiger charge is -2.28. The Labute approximate surface area is 252 Å². The van der Waals surface area contributed by atoms with Gasteiger partial charge in [0.25, 0.3) is 16.9 Å². The Balaban J connectivity index is 1.88. The van der Waals surface area contributed by atoms with Gasteiger partial charge in [0.1, 0.15) is 15.4 Å². The molecule has 1 atom stereocenters. The number of nitrogens with zero attached hydrogens (tertiary/aromatic N) is 3. The smallest absolute Gasteiger partial charge is 0.338 e. The number of benzene rings is 3. The number of hydrogen-bond donors (Lipinski definition) is 1. The summed E-state index contributed by atoms with van der Waals surface area (Å²) in [6.07, 6.45) is 1.43. The summed E-state index contributed by atoms with van der Waals surface area (Å²) in [5, 5.41) is 22.4. The van der Waals surface area contributed by atoms with Gasteiger partial charge in [-0.1, -0.05) is 30.3 Å². The predicted octanol–water partition coefficient (Wildman–Crippen LogP) is 2.62. The number of esters is 1. The molecule has 0 fully saturated rings. The van der Waals surface area contributed by atoms with E-state index in [9.17, 15) is 38.2 Å². The zero-order valence-corrected chi connectivity index (χ0v) is 24.4. The molecule has 0 unspecified atom stereocenters. The Morgan fingerprint density at radius 1 is 0.977 bits per heavy atom. The maximum atomic E-state index is 14.2. The van der Waals surface area contributed by atoms with Crippen LogP contribution >= 0.6 is 11.3 Å². The largest absolute Gasteiger partial charge is 0.463 e. The number of nitro benzene ring substituents is 2. The van der Waals surface area contributed by atoms with Crippen molar-refractivity contribution in [3.8, 4) is 0 Å². The molecule has 13 nitrogen and oxygen atoms in total. The van der Waals surface area contributed by atoms with Crippen molar-refractivity contribution in [3.63, 3.8) is 0 Å². The summed E-state index contributed by atoms with van der Waals surface area (Å²) < 4.78 is 34.7. The van der Waals surface area contributed by atoms with E-state index >= 15 is 0 Å². The summed E-state index contributed by atoms with van der Waals surface area (Å²) in [4.78, 5) is 48.0. The molecule has 0 radical (unpaired) electrons. The van der Waals surface area contributed by atoms with Crippen molar-refractivity contribution in [2.75, 3.05) is 6.61 Å². The van der Waals surface area contributed by atoms with Crippen molar-refractivity contribution in [3.05, 3.63) is 135 Å². The Hall–Kier alpha value is -5.41. The second-order valence-corrected chi connectivity index (χ2v) is 12.3. The van der Waals surface area contributed by atoms with Crippen LogP contribution in [-0.4, -0.2) is 35.4 Å². The van der Waals surface area contributed by atoms with E-state index in [4.69, 9.17) is 10.5 Å². The van der Waals surface area contributed by atoms with Gasteiger partial charge >= 0.3 is 5.97 Å². The van der Waals surface area contributed by atoms with E-state index in [1.807, 2.05) is 0 Å². The maximum Gasteiger partial charge on any atom is 0.338 e. The van der Waals surface area contributed by atoms with Gasteiger partial charge in [0.15, 0.2) is 0 Å². The molecule has 0 aliphatic carbocycles. The number of nitro groups is 2. The zero-order valence-electron chi connectivity index (χ0n) is 22.8. The number of fused-ring (bicyclic) bond motifs is 1. The van der Waals surface area contributed by atoms with E-state index in [-0.39, 0.29) is 43.2 Å². The molecule has 1 aliphatic rings. The third kappa shape index (κ3) is 5.29. The minimum Gasteiger partial charge on any atom is -0.463 e. The fourth-order valence-electron chi connectivity index (χ4n) is 4.78. The summed E-state index contributed by atoms with van der Waals surface area (Å²) in [5.74, 6) is -2.77. The van der Waals surface area contributed by atoms with Crippen LogP contribution in [0.2, 0.25) is 0 Å². The molecule has 1 aliphatic heterocycles. The molecule has 5 rings (SSSR count). The van der Waals surface area contributed by atoms with E-state index in [0.29, 0.717) is 5.56 Å².